The van der Waals surface area contributed by atoms with E-state index in [1.165, 1.54) is 0 Å². The lowest BCUT2D eigenvalue weighted by Crippen LogP contribution is -2.51. The van der Waals surface area contributed by atoms with Gasteiger partial charge in [0, 0.05) is 12.1 Å². The molecule has 7 heteroatoms. The molecule has 0 aromatic rings. The van der Waals surface area contributed by atoms with Crippen molar-refractivity contribution in [1.29, 1.82) is 0 Å². The Bertz CT molecular complexity index is 397. The minimum Gasteiger partial charge on any atom is -0.481 e. The molecule has 2 unspecified atom stereocenters. The summed E-state index contributed by atoms with van der Waals surface area (Å²) >= 11 is 0. The molecule has 2 atom stereocenters. The van der Waals surface area contributed by atoms with E-state index in [0.717, 1.165) is 6.42 Å². The van der Waals surface area contributed by atoms with Gasteiger partial charge in [0.15, 0.2) is 0 Å². The molecule has 1 fully saturated rings. The van der Waals surface area contributed by atoms with E-state index in [9.17, 15) is 19.5 Å². The fourth-order valence-corrected chi connectivity index (χ4v) is 2.40. The van der Waals surface area contributed by atoms with Gasteiger partial charge in [-0.15, -0.1) is 0 Å². The van der Waals surface area contributed by atoms with Crippen molar-refractivity contribution >= 4 is 17.9 Å². The van der Waals surface area contributed by atoms with Crippen molar-refractivity contribution in [3.63, 3.8) is 0 Å². The van der Waals surface area contributed by atoms with Gasteiger partial charge in [-0.05, 0) is 33.6 Å². The van der Waals surface area contributed by atoms with Crippen molar-refractivity contribution in [3.05, 3.63) is 0 Å². The van der Waals surface area contributed by atoms with Gasteiger partial charge in [0.1, 0.15) is 0 Å². The molecule has 1 saturated carbocycles. The van der Waals surface area contributed by atoms with E-state index in [4.69, 9.17) is 0 Å². The lowest BCUT2D eigenvalue weighted by molar-refractivity contribution is -0.148. The van der Waals surface area contributed by atoms with Gasteiger partial charge in [-0.3, -0.25) is 9.59 Å². The minimum atomic E-state index is -0.933. The van der Waals surface area contributed by atoms with Crippen LogP contribution in [0.2, 0.25) is 0 Å². The van der Waals surface area contributed by atoms with Crippen LogP contribution in [0.5, 0.6) is 0 Å². The van der Waals surface area contributed by atoms with Gasteiger partial charge in [-0.1, -0.05) is 6.42 Å². The Hall–Kier alpha value is -1.79. The van der Waals surface area contributed by atoms with Crippen LogP contribution >= 0.6 is 0 Å². The Morgan fingerprint density at radius 3 is 2.55 bits per heavy atom. The van der Waals surface area contributed by atoms with Crippen LogP contribution in [0.4, 0.5) is 4.79 Å². The summed E-state index contributed by atoms with van der Waals surface area (Å²) in [6, 6.07) is -0.908. The number of carbonyl (C=O) groups excluding carboxylic acids is 2. The zero-order valence-corrected chi connectivity index (χ0v) is 12.2. The number of aliphatic carboxylic acids is 1. The zero-order valence-electron chi connectivity index (χ0n) is 12.2. The summed E-state index contributed by atoms with van der Waals surface area (Å²) in [6.07, 6.45) is 1.94. The maximum Gasteiger partial charge on any atom is 0.315 e. The number of hydrogen-bond acceptors (Lipinski definition) is 3. The van der Waals surface area contributed by atoms with Gasteiger partial charge in [0.25, 0.3) is 0 Å². The van der Waals surface area contributed by atoms with E-state index in [0.29, 0.717) is 12.8 Å². The minimum absolute atomic E-state index is 0.0116. The summed E-state index contributed by atoms with van der Waals surface area (Å²) in [5, 5.41) is 17.0. The summed E-state index contributed by atoms with van der Waals surface area (Å²) in [5.41, 5.74) is -0.933. The molecule has 0 aromatic carbocycles. The molecule has 0 saturated heterocycles. The molecule has 0 heterocycles. The van der Waals surface area contributed by atoms with Crippen molar-refractivity contribution in [3.8, 4) is 0 Å². The number of amides is 3. The third-order valence-electron chi connectivity index (χ3n) is 3.61. The predicted octanol–water partition coefficient (Wildman–Crippen LogP) is 0.454. The smallest absolute Gasteiger partial charge is 0.315 e. The molecule has 4 N–H and O–H groups in total. The fraction of sp³-hybridized carbons (Fsp3) is 0.769. The molecular weight excluding hydrogens is 262 g/mol. The first kappa shape index (κ1) is 16.3. The first-order chi connectivity index (χ1) is 9.25. The van der Waals surface area contributed by atoms with Crippen molar-refractivity contribution in [1.82, 2.24) is 16.0 Å². The van der Waals surface area contributed by atoms with Crippen LogP contribution in [-0.2, 0) is 9.59 Å². The Balaban J connectivity index is 2.43. The topological polar surface area (TPSA) is 108 Å². The highest BCUT2D eigenvalue weighted by Gasteiger charge is 2.45. The van der Waals surface area contributed by atoms with E-state index in [1.807, 2.05) is 13.8 Å². The highest BCUT2D eigenvalue weighted by atomic mass is 16.4. The first-order valence-corrected chi connectivity index (χ1v) is 6.83. The van der Waals surface area contributed by atoms with E-state index < -0.39 is 23.5 Å². The van der Waals surface area contributed by atoms with E-state index in [2.05, 4.69) is 16.0 Å². The monoisotopic (exact) mass is 285 g/mol. The highest BCUT2D eigenvalue weighted by molar-refractivity contribution is 5.84. The molecule has 7 nitrogen and oxygen atoms in total. The van der Waals surface area contributed by atoms with Crippen LogP contribution in [0, 0.1) is 5.41 Å². The van der Waals surface area contributed by atoms with Crippen molar-refractivity contribution in [2.75, 3.05) is 6.54 Å². The Morgan fingerprint density at radius 2 is 2.00 bits per heavy atom. The van der Waals surface area contributed by atoms with Gasteiger partial charge in [-0.25, -0.2) is 4.79 Å². The van der Waals surface area contributed by atoms with E-state index in [-0.39, 0.29) is 18.5 Å². The van der Waals surface area contributed by atoms with Crippen molar-refractivity contribution in [2.45, 2.75) is 52.1 Å². The maximum atomic E-state index is 11.7. The molecule has 0 bridgehead atoms. The molecule has 3 amide bonds. The molecule has 0 aromatic heterocycles. The van der Waals surface area contributed by atoms with Gasteiger partial charge in [0.05, 0.1) is 12.0 Å². The summed E-state index contributed by atoms with van der Waals surface area (Å²) in [5.74, 6) is -1.18. The normalized spacial score (nSPS) is 25.3. The third-order valence-corrected chi connectivity index (χ3v) is 3.61. The number of carboxylic acids is 1. The molecule has 0 spiro atoms. The van der Waals surface area contributed by atoms with E-state index >= 15 is 0 Å². The molecule has 0 radical (unpaired) electrons. The highest BCUT2D eigenvalue weighted by Crippen LogP contribution is 2.38. The van der Waals surface area contributed by atoms with Crippen LogP contribution in [0.25, 0.3) is 0 Å². The van der Waals surface area contributed by atoms with Crippen LogP contribution < -0.4 is 16.0 Å². The van der Waals surface area contributed by atoms with Crippen LogP contribution in [0.3, 0.4) is 0 Å². The van der Waals surface area contributed by atoms with Crippen molar-refractivity contribution in [2.24, 2.45) is 5.41 Å². The largest absolute Gasteiger partial charge is 0.481 e. The quantitative estimate of drug-likeness (QED) is 0.588. The Kier molecular flexibility index (Phi) is 5.35. The predicted molar refractivity (Wildman–Crippen MR) is 73.2 cm³/mol. The molecule has 114 valence electrons. The molecular formula is C13H23N3O4. The number of carboxylic acid groups (broad SMARTS) is 1. The number of urea groups is 1. The molecule has 1 aliphatic rings. The molecule has 1 aliphatic carbocycles. The molecule has 1 rings (SSSR count). The number of rotatable bonds is 5. The SMILES string of the molecule is CC(C)NC(=O)CNC(=O)NC1CCCC1(C)C(=O)O. The lowest BCUT2D eigenvalue weighted by Gasteiger charge is -2.27. The maximum absolute atomic E-state index is 11.7. The zero-order chi connectivity index (χ0) is 15.3. The van der Waals surface area contributed by atoms with Crippen LogP contribution in [0.1, 0.15) is 40.0 Å². The molecule has 20 heavy (non-hydrogen) atoms. The van der Waals surface area contributed by atoms with Gasteiger partial charge in [0.2, 0.25) is 5.91 Å². The van der Waals surface area contributed by atoms with Crippen LogP contribution in [0.15, 0.2) is 0 Å². The van der Waals surface area contributed by atoms with Gasteiger partial charge < -0.3 is 21.1 Å². The second-order valence-corrected chi connectivity index (χ2v) is 5.72. The average Bonchev–Trinajstić information content (AvgIpc) is 2.69. The summed E-state index contributed by atoms with van der Waals surface area (Å²) in [7, 11) is 0. The third kappa shape index (κ3) is 4.11. The fourth-order valence-electron chi connectivity index (χ4n) is 2.40. The summed E-state index contributed by atoms with van der Waals surface area (Å²) < 4.78 is 0. The first-order valence-electron chi connectivity index (χ1n) is 6.83. The number of hydrogen-bond donors (Lipinski definition) is 4. The number of nitrogens with one attached hydrogen (secondary N) is 3. The summed E-state index contributed by atoms with van der Waals surface area (Å²) in [6.45, 7) is 5.17. The molecule has 0 aliphatic heterocycles. The van der Waals surface area contributed by atoms with Gasteiger partial charge >= 0.3 is 12.0 Å². The van der Waals surface area contributed by atoms with Crippen LogP contribution in [-0.4, -0.2) is 41.6 Å². The van der Waals surface area contributed by atoms with E-state index in [1.54, 1.807) is 6.92 Å². The Morgan fingerprint density at radius 1 is 1.35 bits per heavy atom. The standard InChI is InChI=1S/C13H23N3O4/c1-8(2)15-10(17)7-14-12(20)16-9-5-4-6-13(9,3)11(18)19/h8-9H,4-7H2,1-3H3,(H,15,17)(H,18,19)(H2,14,16,20). The van der Waals surface area contributed by atoms with Gasteiger partial charge in [-0.2, -0.15) is 0 Å². The second kappa shape index (κ2) is 6.58. The average molecular weight is 285 g/mol. The number of carbonyl (C=O) groups is 3. The van der Waals surface area contributed by atoms with Crippen molar-refractivity contribution < 1.29 is 19.5 Å². The summed E-state index contributed by atoms with van der Waals surface area (Å²) in [4.78, 5) is 34.4. The Labute approximate surface area is 118 Å². The lowest BCUT2D eigenvalue weighted by atomic mass is 9.85. The second-order valence-electron chi connectivity index (χ2n) is 5.72.